The quantitative estimate of drug-likeness (QED) is 0.343. The zero-order valence-corrected chi connectivity index (χ0v) is 16.6. The Morgan fingerprint density at radius 3 is 2.93 bits per heavy atom. The van der Waals surface area contributed by atoms with Gasteiger partial charge in [-0.05, 0) is 36.8 Å². The Morgan fingerprint density at radius 2 is 2.03 bits per heavy atom. The van der Waals surface area contributed by atoms with E-state index >= 15 is 0 Å². The highest BCUT2D eigenvalue weighted by atomic mass is 32.2. The molecule has 148 valence electrons. The van der Waals surface area contributed by atoms with Crippen molar-refractivity contribution in [1.82, 2.24) is 14.5 Å². The lowest BCUT2D eigenvalue weighted by Crippen LogP contribution is -2.03. The summed E-state index contributed by atoms with van der Waals surface area (Å²) in [7, 11) is 0. The van der Waals surface area contributed by atoms with Crippen molar-refractivity contribution in [3.63, 3.8) is 0 Å². The van der Waals surface area contributed by atoms with Crippen LogP contribution in [0.1, 0.15) is 12.0 Å². The highest BCUT2D eigenvalue weighted by molar-refractivity contribution is 7.99. The number of fused-ring (bicyclic) bond motifs is 1. The zero-order chi connectivity index (χ0) is 20.1. The number of pyridine rings is 1. The van der Waals surface area contributed by atoms with Crippen LogP contribution in [-0.2, 0) is 6.61 Å². The number of aliphatic hydroxyl groups excluding tert-OH is 1. The van der Waals surface area contributed by atoms with E-state index < -0.39 is 0 Å². The van der Waals surface area contributed by atoms with E-state index in [1.54, 1.807) is 24.0 Å². The minimum atomic E-state index is -0.108. The average molecular weight is 407 g/mol. The van der Waals surface area contributed by atoms with E-state index in [0.717, 1.165) is 45.2 Å². The zero-order valence-electron chi connectivity index (χ0n) is 15.7. The molecule has 2 N–H and O–H groups in total. The molecule has 7 heteroatoms. The number of aromatic amines is 1. The number of nitrogens with one attached hydrogen (secondary N) is 1. The topological polar surface area (TPSA) is 80.1 Å². The van der Waals surface area contributed by atoms with Gasteiger partial charge in [0.1, 0.15) is 5.75 Å². The van der Waals surface area contributed by atoms with Gasteiger partial charge in [0, 0.05) is 40.7 Å². The molecule has 0 atom stereocenters. The summed E-state index contributed by atoms with van der Waals surface area (Å²) in [5.74, 6) is 1.65. The number of H-pyrrole nitrogens is 1. The number of thioether (sulfide) groups is 1. The first-order valence-corrected chi connectivity index (χ1v) is 10.3. The van der Waals surface area contributed by atoms with Crippen molar-refractivity contribution in [3.05, 3.63) is 82.9 Å². The Balaban J connectivity index is 1.32. The lowest BCUT2D eigenvalue weighted by Gasteiger charge is -2.11. The molecule has 29 heavy (non-hydrogen) atoms. The number of para-hydroxylation sites is 1. The summed E-state index contributed by atoms with van der Waals surface area (Å²) in [6, 6.07) is 16.7. The molecule has 2 heterocycles. The van der Waals surface area contributed by atoms with Crippen LogP contribution in [0.3, 0.4) is 0 Å². The fourth-order valence-electron chi connectivity index (χ4n) is 3.09. The minimum absolute atomic E-state index is 0.00799. The molecule has 4 aromatic rings. The van der Waals surface area contributed by atoms with Gasteiger partial charge in [0.25, 0.3) is 0 Å². The van der Waals surface area contributed by atoms with Gasteiger partial charge in [-0.1, -0.05) is 30.0 Å². The van der Waals surface area contributed by atoms with Gasteiger partial charge in [0.05, 0.1) is 18.9 Å². The molecule has 0 fully saturated rings. The molecule has 0 bridgehead atoms. The fourth-order valence-corrected chi connectivity index (χ4v) is 3.97. The summed E-state index contributed by atoms with van der Waals surface area (Å²) in [5, 5.41) is 11.4. The standard InChI is InChI=1S/C22H21N3O3S/c26-15-17-4-1-2-5-20(17)25-11-10-23-22(25)29-13-3-12-28-18-7-8-19-16(14-18)6-9-21(27)24-19/h1-2,4-11,14,26H,3,12-13,15H2,(H,24,27). The van der Waals surface area contributed by atoms with Crippen molar-refractivity contribution in [2.75, 3.05) is 12.4 Å². The fraction of sp³-hybridized carbons (Fsp3) is 0.182. The Bertz CT molecular complexity index is 1170. The second kappa shape index (κ2) is 8.98. The second-order valence-electron chi connectivity index (χ2n) is 6.49. The van der Waals surface area contributed by atoms with Crippen molar-refractivity contribution in [2.24, 2.45) is 0 Å². The van der Waals surface area contributed by atoms with E-state index in [9.17, 15) is 9.90 Å². The van der Waals surface area contributed by atoms with Crippen molar-refractivity contribution < 1.29 is 9.84 Å². The number of aromatic nitrogens is 3. The number of hydrogen-bond donors (Lipinski definition) is 2. The third-order valence-electron chi connectivity index (χ3n) is 4.51. The van der Waals surface area contributed by atoms with Crippen LogP contribution >= 0.6 is 11.8 Å². The molecule has 0 aliphatic carbocycles. The molecule has 0 spiro atoms. The SMILES string of the molecule is O=c1ccc2cc(OCCCSc3nccn3-c3ccccc3CO)ccc2[nH]1. The number of aliphatic hydroxyl groups is 1. The first-order chi connectivity index (χ1) is 14.2. The van der Waals surface area contributed by atoms with E-state index in [1.165, 1.54) is 6.07 Å². The maximum Gasteiger partial charge on any atom is 0.248 e. The number of rotatable bonds is 8. The van der Waals surface area contributed by atoms with Crippen molar-refractivity contribution in [3.8, 4) is 11.4 Å². The Labute approximate surface area is 172 Å². The van der Waals surface area contributed by atoms with E-state index in [1.807, 2.05) is 53.2 Å². The van der Waals surface area contributed by atoms with Crippen LogP contribution in [0.4, 0.5) is 0 Å². The number of nitrogens with zero attached hydrogens (tertiary/aromatic N) is 2. The third-order valence-corrected chi connectivity index (χ3v) is 5.57. The summed E-state index contributed by atoms with van der Waals surface area (Å²) < 4.78 is 7.85. The van der Waals surface area contributed by atoms with Crippen LogP contribution in [0.15, 0.2) is 76.9 Å². The maximum atomic E-state index is 11.4. The maximum absolute atomic E-state index is 11.4. The molecule has 0 aliphatic rings. The molecular formula is C22H21N3O3S. The predicted octanol–water partition coefficient (Wildman–Crippen LogP) is 3.77. The molecule has 0 radical (unpaired) electrons. The number of ether oxygens (including phenoxy) is 1. The van der Waals surface area contributed by atoms with E-state index in [0.29, 0.717) is 6.61 Å². The lowest BCUT2D eigenvalue weighted by molar-refractivity contribution is 0.281. The van der Waals surface area contributed by atoms with Gasteiger partial charge in [-0.3, -0.25) is 9.36 Å². The summed E-state index contributed by atoms with van der Waals surface area (Å²) in [4.78, 5) is 18.6. The first kappa shape index (κ1) is 19.3. The third kappa shape index (κ3) is 4.52. The van der Waals surface area contributed by atoms with E-state index in [-0.39, 0.29) is 12.2 Å². The molecule has 0 aliphatic heterocycles. The van der Waals surface area contributed by atoms with Crippen molar-refractivity contribution >= 4 is 22.7 Å². The monoisotopic (exact) mass is 407 g/mol. The largest absolute Gasteiger partial charge is 0.494 e. The molecule has 6 nitrogen and oxygen atoms in total. The van der Waals surface area contributed by atoms with Gasteiger partial charge in [-0.2, -0.15) is 0 Å². The summed E-state index contributed by atoms with van der Waals surface area (Å²) in [6.07, 6.45) is 4.54. The summed E-state index contributed by atoms with van der Waals surface area (Å²) in [6.45, 7) is 0.585. The van der Waals surface area contributed by atoms with E-state index in [2.05, 4.69) is 9.97 Å². The number of benzene rings is 2. The molecule has 2 aromatic carbocycles. The van der Waals surface area contributed by atoms with E-state index in [4.69, 9.17) is 4.74 Å². The Kier molecular flexibility index (Phi) is 5.97. The molecule has 0 saturated heterocycles. The first-order valence-electron chi connectivity index (χ1n) is 9.36. The highest BCUT2D eigenvalue weighted by Gasteiger charge is 2.09. The lowest BCUT2D eigenvalue weighted by atomic mass is 10.2. The molecule has 4 rings (SSSR count). The highest BCUT2D eigenvalue weighted by Crippen LogP contribution is 2.24. The van der Waals surface area contributed by atoms with Crippen LogP contribution < -0.4 is 10.3 Å². The van der Waals surface area contributed by atoms with Crippen molar-refractivity contribution in [2.45, 2.75) is 18.2 Å². The van der Waals surface area contributed by atoms with Crippen LogP contribution in [0, 0.1) is 0 Å². The van der Waals surface area contributed by atoms with Gasteiger partial charge < -0.3 is 14.8 Å². The van der Waals surface area contributed by atoms with Crippen LogP contribution in [-0.4, -0.2) is 32.0 Å². The molecule has 0 amide bonds. The van der Waals surface area contributed by atoms with Crippen LogP contribution in [0.5, 0.6) is 5.75 Å². The van der Waals surface area contributed by atoms with Gasteiger partial charge in [-0.25, -0.2) is 4.98 Å². The summed E-state index contributed by atoms with van der Waals surface area (Å²) >= 11 is 1.66. The molecule has 2 aromatic heterocycles. The number of hydrogen-bond acceptors (Lipinski definition) is 5. The smallest absolute Gasteiger partial charge is 0.248 e. The van der Waals surface area contributed by atoms with Gasteiger partial charge in [0.15, 0.2) is 5.16 Å². The van der Waals surface area contributed by atoms with Gasteiger partial charge in [-0.15, -0.1) is 0 Å². The number of imidazole rings is 1. The normalized spacial score (nSPS) is 11.1. The Morgan fingerprint density at radius 1 is 1.14 bits per heavy atom. The van der Waals surface area contributed by atoms with Gasteiger partial charge >= 0.3 is 0 Å². The van der Waals surface area contributed by atoms with Crippen molar-refractivity contribution in [1.29, 1.82) is 0 Å². The van der Waals surface area contributed by atoms with Gasteiger partial charge in [0.2, 0.25) is 5.56 Å². The molecular weight excluding hydrogens is 386 g/mol. The molecule has 0 unspecified atom stereocenters. The summed E-state index contributed by atoms with van der Waals surface area (Å²) in [5.41, 5.74) is 2.51. The second-order valence-corrected chi connectivity index (χ2v) is 7.55. The average Bonchev–Trinajstić information content (AvgIpc) is 3.21. The van der Waals surface area contributed by atoms with Crippen LogP contribution in [0.25, 0.3) is 16.6 Å². The van der Waals surface area contributed by atoms with Crippen LogP contribution in [0.2, 0.25) is 0 Å². The molecule has 0 saturated carbocycles. The predicted molar refractivity (Wildman–Crippen MR) is 115 cm³/mol. The Hall–Kier alpha value is -3.03. The minimum Gasteiger partial charge on any atom is -0.494 e.